The number of pyridine rings is 2. The summed E-state index contributed by atoms with van der Waals surface area (Å²) in [6, 6.07) is 11.9. The Bertz CT molecular complexity index is 420. The predicted octanol–water partition coefficient (Wildman–Crippen LogP) is -3.23. The molecule has 2 nitrogen and oxygen atoms in total. The fourth-order valence-electron chi connectivity index (χ4n) is 1.37. The molecular weight excluding hydrogens is 532 g/mol. The van der Waals surface area contributed by atoms with Crippen LogP contribution in [0.1, 0.15) is 11.4 Å². The summed E-state index contributed by atoms with van der Waals surface area (Å²) in [7, 11) is 0. The summed E-state index contributed by atoms with van der Waals surface area (Å²) >= 11 is 0. The van der Waals surface area contributed by atoms with Gasteiger partial charge in [0.25, 0.3) is 0 Å². The molecular formula is C12H12I2N2Pd. The van der Waals surface area contributed by atoms with E-state index < -0.39 is 0 Å². The predicted molar refractivity (Wildman–Crippen MR) is 56.9 cm³/mol. The number of hydrogen-bond donors (Lipinski definition) is 0. The molecule has 0 aliphatic heterocycles. The number of aryl methyl sites for hydroxylation is 2. The fraction of sp³-hybridized carbons (Fsp3) is 0.167. The maximum Gasteiger partial charge on any atom is 2.00 e. The minimum Gasteiger partial charge on any atom is -1.00 e. The van der Waals surface area contributed by atoms with Gasteiger partial charge in [-0.2, -0.15) is 0 Å². The van der Waals surface area contributed by atoms with E-state index in [0.29, 0.717) is 0 Å². The second-order valence-electron chi connectivity index (χ2n) is 3.33. The largest absolute Gasteiger partial charge is 2.00 e. The van der Waals surface area contributed by atoms with Crippen molar-refractivity contribution in [2.24, 2.45) is 0 Å². The molecule has 0 aliphatic rings. The molecule has 17 heavy (non-hydrogen) atoms. The Kier molecular flexibility index (Phi) is 10.9. The van der Waals surface area contributed by atoms with Crippen LogP contribution in [0.4, 0.5) is 0 Å². The van der Waals surface area contributed by atoms with E-state index in [1.807, 2.05) is 50.2 Å². The monoisotopic (exact) mass is 544 g/mol. The van der Waals surface area contributed by atoms with Crippen molar-refractivity contribution in [2.45, 2.75) is 13.8 Å². The first-order chi connectivity index (χ1) is 6.75. The van der Waals surface area contributed by atoms with Crippen molar-refractivity contribution >= 4 is 0 Å². The summed E-state index contributed by atoms with van der Waals surface area (Å²) in [5, 5.41) is 0. The molecule has 2 heterocycles. The van der Waals surface area contributed by atoms with Crippen LogP contribution in [0.5, 0.6) is 0 Å². The quantitative estimate of drug-likeness (QED) is 0.279. The van der Waals surface area contributed by atoms with E-state index in [9.17, 15) is 0 Å². The van der Waals surface area contributed by atoms with Gasteiger partial charge in [0.05, 0.1) is 11.4 Å². The maximum atomic E-state index is 4.42. The molecule has 0 unspecified atom stereocenters. The van der Waals surface area contributed by atoms with Gasteiger partial charge in [-0.3, -0.25) is 9.97 Å². The molecule has 0 radical (unpaired) electrons. The van der Waals surface area contributed by atoms with Crippen molar-refractivity contribution in [1.29, 1.82) is 0 Å². The molecule has 2 aromatic heterocycles. The number of rotatable bonds is 1. The van der Waals surface area contributed by atoms with Gasteiger partial charge < -0.3 is 48.0 Å². The van der Waals surface area contributed by atoms with Crippen LogP contribution in [0.15, 0.2) is 36.4 Å². The molecule has 0 fully saturated rings. The first kappa shape index (κ1) is 19.8. The standard InChI is InChI=1S/C12H12N2.2HI.Pd/c1-9-5-3-7-11(13-9)12-8-4-6-10(2)14-12;;;/h3-8H,1-2H3;2*1H;/q;;;+2/p-2. The van der Waals surface area contributed by atoms with Gasteiger partial charge in [-0.25, -0.2) is 0 Å². The minimum atomic E-state index is 0. The van der Waals surface area contributed by atoms with Gasteiger partial charge in [-0.05, 0) is 38.1 Å². The Morgan fingerprint density at radius 1 is 0.706 bits per heavy atom. The van der Waals surface area contributed by atoms with Crippen molar-refractivity contribution in [2.75, 3.05) is 0 Å². The second-order valence-corrected chi connectivity index (χ2v) is 3.33. The average molecular weight is 544 g/mol. The molecule has 0 saturated carbocycles. The molecule has 0 aliphatic carbocycles. The van der Waals surface area contributed by atoms with Gasteiger partial charge in [0.15, 0.2) is 0 Å². The molecule has 0 atom stereocenters. The Hall–Kier alpha value is 0.422. The number of hydrogen-bond acceptors (Lipinski definition) is 2. The van der Waals surface area contributed by atoms with E-state index in [1.54, 1.807) is 0 Å². The molecule has 0 N–H and O–H groups in total. The molecule has 2 aromatic rings. The Labute approximate surface area is 150 Å². The van der Waals surface area contributed by atoms with Crippen molar-refractivity contribution in [3.05, 3.63) is 47.8 Å². The van der Waals surface area contributed by atoms with E-state index in [1.165, 1.54) is 0 Å². The molecule has 0 spiro atoms. The number of halogens is 2. The third kappa shape index (κ3) is 5.73. The van der Waals surface area contributed by atoms with Crippen LogP contribution in [-0.2, 0) is 20.4 Å². The fourth-order valence-corrected chi connectivity index (χ4v) is 1.37. The minimum absolute atomic E-state index is 0. The van der Waals surface area contributed by atoms with Crippen molar-refractivity contribution in [3.63, 3.8) is 0 Å². The van der Waals surface area contributed by atoms with Gasteiger partial charge in [-0.1, -0.05) is 12.1 Å². The van der Waals surface area contributed by atoms with Gasteiger partial charge in [-0.15, -0.1) is 0 Å². The van der Waals surface area contributed by atoms with Gasteiger partial charge >= 0.3 is 20.4 Å². The summed E-state index contributed by atoms with van der Waals surface area (Å²) < 4.78 is 0. The Morgan fingerprint density at radius 2 is 1.06 bits per heavy atom. The van der Waals surface area contributed by atoms with Gasteiger partial charge in [0.2, 0.25) is 0 Å². The van der Waals surface area contributed by atoms with Crippen LogP contribution >= 0.6 is 0 Å². The SMILES string of the molecule is Cc1cccc(-c2cccc(C)n2)n1.[I-].[I-].[Pd+2]. The Balaban J connectivity index is 0. The second kappa shape index (κ2) is 9.37. The first-order valence-electron chi connectivity index (χ1n) is 4.63. The summed E-state index contributed by atoms with van der Waals surface area (Å²) in [6.07, 6.45) is 0. The van der Waals surface area contributed by atoms with E-state index in [-0.39, 0.29) is 68.4 Å². The molecule has 2 rings (SSSR count). The smallest absolute Gasteiger partial charge is 1.00 e. The summed E-state index contributed by atoms with van der Waals surface area (Å²) in [5.41, 5.74) is 3.92. The van der Waals surface area contributed by atoms with E-state index in [2.05, 4.69) is 9.97 Å². The van der Waals surface area contributed by atoms with Crippen LogP contribution in [0.2, 0.25) is 0 Å². The van der Waals surface area contributed by atoms with E-state index in [0.717, 1.165) is 22.8 Å². The summed E-state index contributed by atoms with van der Waals surface area (Å²) in [6.45, 7) is 3.97. The molecule has 0 aromatic carbocycles. The zero-order valence-corrected chi connectivity index (χ0v) is 15.3. The van der Waals surface area contributed by atoms with Crippen LogP contribution in [0.3, 0.4) is 0 Å². The van der Waals surface area contributed by atoms with Crippen LogP contribution in [0.25, 0.3) is 11.4 Å². The third-order valence-electron chi connectivity index (χ3n) is 2.04. The van der Waals surface area contributed by atoms with Gasteiger partial charge in [0, 0.05) is 11.4 Å². The average Bonchev–Trinajstić information content (AvgIpc) is 2.18. The van der Waals surface area contributed by atoms with E-state index >= 15 is 0 Å². The maximum absolute atomic E-state index is 4.42. The van der Waals surface area contributed by atoms with Crippen molar-refractivity contribution in [1.82, 2.24) is 9.97 Å². The van der Waals surface area contributed by atoms with Crippen molar-refractivity contribution in [3.8, 4) is 11.4 Å². The molecule has 5 heteroatoms. The van der Waals surface area contributed by atoms with Crippen molar-refractivity contribution < 1.29 is 68.4 Å². The van der Waals surface area contributed by atoms with Gasteiger partial charge in [0.1, 0.15) is 0 Å². The summed E-state index contributed by atoms with van der Waals surface area (Å²) in [5.74, 6) is 0. The first-order valence-corrected chi connectivity index (χ1v) is 4.63. The zero-order valence-electron chi connectivity index (χ0n) is 9.43. The zero-order chi connectivity index (χ0) is 9.97. The Morgan fingerprint density at radius 3 is 1.35 bits per heavy atom. The molecule has 0 amide bonds. The summed E-state index contributed by atoms with van der Waals surface area (Å²) in [4.78, 5) is 8.84. The third-order valence-corrected chi connectivity index (χ3v) is 2.04. The molecule has 94 valence electrons. The molecule has 0 saturated heterocycles. The topological polar surface area (TPSA) is 25.8 Å². The van der Waals surface area contributed by atoms with E-state index in [4.69, 9.17) is 0 Å². The number of aromatic nitrogens is 2. The normalized spacial score (nSPS) is 8.35. The van der Waals surface area contributed by atoms with Crippen LogP contribution < -0.4 is 48.0 Å². The van der Waals surface area contributed by atoms with Crippen LogP contribution in [-0.4, -0.2) is 9.97 Å². The number of nitrogens with zero attached hydrogens (tertiary/aromatic N) is 2. The van der Waals surface area contributed by atoms with Crippen LogP contribution in [0, 0.1) is 13.8 Å². The molecule has 0 bridgehead atoms.